The maximum atomic E-state index is 12.5. The molecule has 2 nitrogen and oxygen atoms in total. The highest BCUT2D eigenvalue weighted by Gasteiger charge is 2.36. The molecule has 0 unspecified atom stereocenters. The zero-order valence-electron chi connectivity index (χ0n) is 10.5. The van der Waals surface area contributed by atoms with Gasteiger partial charge in [0, 0.05) is 17.0 Å². The quantitative estimate of drug-likeness (QED) is 0.706. The molecule has 90 valence electrons. The van der Waals surface area contributed by atoms with Crippen molar-refractivity contribution in [3.63, 3.8) is 0 Å². The Morgan fingerprint density at radius 1 is 1.38 bits per heavy atom. The van der Waals surface area contributed by atoms with Gasteiger partial charge in [0.2, 0.25) is 0 Å². The number of aryl methyl sites for hydroxylation is 1. The van der Waals surface area contributed by atoms with Crippen molar-refractivity contribution in [1.29, 1.82) is 0 Å². The van der Waals surface area contributed by atoms with Gasteiger partial charge in [0.25, 0.3) is 0 Å². The minimum atomic E-state index is -0.624. The number of hydrogen-bond acceptors (Lipinski definition) is 3. The molecule has 3 heteroatoms. The summed E-state index contributed by atoms with van der Waals surface area (Å²) in [4.78, 5) is 13.6. The van der Waals surface area contributed by atoms with Gasteiger partial charge in [-0.15, -0.1) is 11.3 Å². The highest BCUT2D eigenvalue weighted by Crippen LogP contribution is 2.28. The second-order valence-corrected chi connectivity index (χ2v) is 4.97. The van der Waals surface area contributed by atoms with Crippen LogP contribution in [0.25, 0.3) is 0 Å². The Hall–Kier alpha value is -0.670. The zero-order valence-corrected chi connectivity index (χ0v) is 11.3. The van der Waals surface area contributed by atoms with E-state index in [4.69, 9.17) is 4.74 Å². The van der Waals surface area contributed by atoms with Gasteiger partial charge in [-0.2, -0.15) is 0 Å². The largest absolute Gasteiger partial charge is 0.367 e. The average Bonchev–Trinajstić information content (AvgIpc) is 2.71. The second kappa shape index (κ2) is 5.60. The SMILES string of the molecule is CCOC(CC)(CC)C(=O)c1ccsc1C. The maximum Gasteiger partial charge on any atom is 0.195 e. The fraction of sp³-hybridized carbons (Fsp3) is 0.615. The number of ketones is 1. The van der Waals surface area contributed by atoms with Crippen LogP contribution >= 0.6 is 11.3 Å². The predicted octanol–water partition coefficient (Wildman–Crippen LogP) is 3.83. The third-order valence-corrected chi connectivity index (χ3v) is 3.93. The summed E-state index contributed by atoms with van der Waals surface area (Å²) >= 11 is 1.61. The van der Waals surface area contributed by atoms with E-state index >= 15 is 0 Å². The normalized spacial score (nSPS) is 11.8. The molecule has 16 heavy (non-hydrogen) atoms. The van der Waals surface area contributed by atoms with E-state index in [0.29, 0.717) is 6.61 Å². The number of ether oxygens (including phenoxy) is 1. The number of thiophene rings is 1. The highest BCUT2D eigenvalue weighted by atomic mass is 32.1. The number of carbonyl (C=O) groups excluding carboxylic acids is 1. The van der Waals surface area contributed by atoms with Crippen molar-refractivity contribution in [3.8, 4) is 0 Å². The Bertz CT molecular complexity index is 351. The minimum absolute atomic E-state index is 0.137. The Morgan fingerprint density at radius 3 is 2.38 bits per heavy atom. The van der Waals surface area contributed by atoms with Crippen molar-refractivity contribution >= 4 is 17.1 Å². The van der Waals surface area contributed by atoms with Crippen LogP contribution in [0.2, 0.25) is 0 Å². The molecule has 0 atom stereocenters. The van der Waals surface area contributed by atoms with Gasteiger partial charge in [0.05, 0.1) is 0 Å². The van der Waals surface area contributed by atoms with Crippen LogP contribution < -0.4 is 0 Å². The summed E-state index contributed by atoms with van der Waals surface area (Å²) in [6, 6.07) is 1.90. The van der Waals surface area contributed by atoms with Crippen molar-refractivity contribution in [2.75, 3.05) is 6.61 Å². The maximum absolute atomic E-state index is 12.5. The van der Waals surface area contributed by atoms with Crippen LogP contribution in [-0.4, -0.2) is 18.0 Å². The molecule has 0 N–H and O–H groups in total. The average molecular weight is 240 g/mol. The van der Waals surface area contributed by atoms with E-state index in [0.717, 1.165) is 23.3 Å². The van der Waals surface area contributed by atoms with Crippen molar-refractivity contribution in [1.82, 2.24) is 0 Å². The number of hydrogen-bond donors (Lipinski definition) is 0. The second-order valence-electron chi connectivity index (χ2n) is 3.85. The fourth-order valence-electron chi connectivity index (χ4n) is 1.98. The van der Waals surface area contributed by atoms with Crippen molar-refractivity contribution in [2.24, 2.45) is 0 Å². The summed E-state index contributed by atoms with van der Waals surface area (Å²) in [5, 5.41) is 1.96. The third-order valence-electron chi connectivity index (χ3n) is 3.08. The van der Waals surface area contributed by atoms with Gasteiger partial charge in [-0.3, -0.25) is 4.79 Å². The van der Waals surface area contributed by atoms with Crippen LogP contribution in [0.4, 0.5) is 0 Å². The number of rotatable bonds is 6. The van der Waals surface area contributed by atoms with Gasteiger partial charge in [-0.1, -0.05) is 13.8 Å². The molecule has 0 fully saturated rings. The van der Waals surface area contributed by atoms with Crippen LogP contribution in [0.3, 0.4) is 0 Å². The van der Waals surface area contributed by atoms with E-state index in [1.165, 1.54) is 0 Å². The van der Waals surface area contributed by atoms with Gasteiger partial charge >= 0.3 is 0 Å². The van der Waals surface area contributed by atoms with Crippen molar-refractivity contribution < 1.29 is 9.53 Å². The lowest BCUT2D eigenvalue weighted by atomic mass is 9.88. The molecule has 0 radical (unpaired) electrons. The summed E-state index contributed by atoms with van der Waals surface area (Å²) in [6.45, 7) is 8.53. The van der Waals surface area contributed by atoms with Crippen LogP contribution in [0.5, 0.6) is 0 Å². The molecular formula is C13H20O2S. The predicted molar refractivity (Wildman–Crippen MR) is 68.3 cm³/mol. The van der Waals surface area contributed by atoms with Crippen molar-refractivity contribution in [3.05, 3.63) is 21.9 Å². The molecule has 0 aliphatic carbocycles. The molecule has 0 spiro atoms. The lowest BCUT2D eigenvalue weighted by Gasteiger charge is -2.29. The first-order chi connectivity index (χ1) is 7.61. The van der Waals surface area contributed by atoms with Crippen molar-refractivity contribution in [2.45, 2.75) is 46.1 Å². The topological polar surface area (TPSA) is 26.3 Å². The highest BCUT2D eigenvalue weighted by molar-refractivity contribution is 7.10. The van der Waals surface area contributed by atoms with E-state index in [1.807, 2.05) is 39.1 Å². The molecule has 1 rings (SSSR count). The van der Waals surface area contributed by atoms with Gasteiger partial charge in [-0.25, -0.2) is 0 Å². The Labute approximate surface area is 102 Å². The van der Waals surface area contributed by atoms with Crippen LogP contribution in [0, 0.1) is 6.92 Å². The Balaban J connectivity index is 3.04. The fourth-order valence-corrected chi connectivity index (χ4v) is 2.68. The smallest absolute Gasteiger partial charge is 0.195 e. The van der Waals surface area contributed by atoms with Crippen LogP contribution in [-0.2, 0) is 4.74 Å². The van der Waals surface area contributed by atoms with E-state index in [2.05, 4.69) is 0 Å². The number of carbonyl (C=O) groups is 1. The summed E-state index contributed by atoms with van der Waals surface area (Å²) in [5.41, 5.74) is 0.197. The minimum Gasteiger partial charge on any atom is -0.367 e. The summed E-state index contributed by atoms with van der Waals surface area (Å²) < 4.78 is 5.72. The van der Waals surface area contributed by atoms with Gasteiger partial charge in [-0.05, 0) is 38.1 Å². The summed E-state index contributed by atoms with van der Waals surface area (Å²) in [5.74, 6) is 0.137. The molecular weight excluding hydrogens is 220 g/mol. The lowest BCUT2D eigenvalue weighted by molar-refractivity contribution is -0.0250. The van der Waals surface area contributed by atoms with E-state index in [1.54, 1.807) is 11.3 Å². The first-order valence-electron chi connectivity index (χ1n) is 5.84. The molecule has 0 saturated heterocycles. The van der Waals surface area contributed by atoms with E-state index < -0.39 is 5.60 Å². The molecule has 1 heterocycles. The van der Waals surface area contributed by atoms with Gasteiger partial charge in [0.15, 0.2) is 5.78 Å². The molecule has 0 amide bonds. The third kappa shape index (κ3) is 2.36. The number of Topliss-reactive ketones (excluding diaryl/α,β-unsaturated/α-hetero) is 1. The van der Waals surface area contributed by atoms with E-state index in [9.17, 15) is 4.79 Å². The molecule has 1 aromatic rings. The Morgan fingerprint density at radius 2 is 2.00 bits per heavy atom. The molecule has 0 aromatic carbocycles. The Kier molecular flexibility index (Phi) is 4.69. The molecule has 0 saturated carbocycles. The molecule has 0 aliphatic heterocycles. The van der Waals surface area contributed by atoms with Crippen LogP contribution in [0.15, 0.2) is 11.4 Å². The molecule has 0 aliphatic rings. The molecule has 0 bridgehead atoms. The monoisotopic (exact) mass is 240 g/mol. The summed E-state index contributed by atoms with van der Waals surface area (Å²) in [6.07, 6.45) is 1.46. The van der Waals surface area contributed by atoms with Gasteiger partial charge in [0.1, 0.15) is 5.60 Å². The van der Waals surface area contributed by atoms with Crippen LogP contribution in [0.1, 0.15) is 48.8 Å². The zero-order chi connectivity index (χ0) is 12.2. The standard InChI is InChI=1S/C13H20O2S/c1-5-13(6-2,15-7-3)12(14)11-8-9-16-10(11)4/h8-9H,5-7H2,1-4H3. The summed E-state index contributed by atoms with van der Waals surface area (Å²) in [7, 11) is 0. The van der Waals surface area contributed by atoms with Gasteiger partial charge < -0.3 is 4.74 Å². The molecule has 1 aromatic heterocycles. The first kappa shape index (κ1) is 13.4. The van der Waals surface area contributed by atoms with E-state index in [-0.39, 0.29) is 5.78 Å². The first-order valence-corrected chi connectivity index (χ1v) is 6.72. The lowest BCUT2D eigenvalue weighted by Crippen LogP contribution is -2.40.